The Labute approximate surface area is 175 Å². The fourth-order valence-corrected chi connectivity index (χ4v) is 5.38. The second kappa shape index (κ2) is 7.49. The highest BCUT2D eigenvalue weighted by molar-refractivity contribution is 7.89. The number of aromatic nitrogens is 2. The first-order valence-corrected chi connectivity index (χ1v) is 11.4. The molecule has 1 saturated carbocycles. The average Bonchev–Trinajstić information content (AvgIpc) is 3.10. The number of sulfonamides is 1. The number of halogens is 2. The van der Waals surface area contributed by atoms with Gasteiger partial charge in [0.15, 0.2) is 5.82 Å². The van der Waals surface area contributed by atoms with E-state index in [-0.39, 0.29) is 26.5 Å². The maximum absolute atomic E-state index is 12.7. The normalized spacial score (nSPS) is 14.2. The van der Waals surface area contributed by atoms with E-state index in [4.69, 9.17) is 23.2 Å². The van der Waals surface area contributed by atoms with Gasteiger partial charge >= 0.3 is 0 Å². The molecule has 0 aliphatic heterocycles. The van der Waals surface area contributed by atoms with Gasteiger partial charge in [0, 0.05) is 12.1 Å². The van der Waals surface area contributed by atoms with Crippen LogP contribution in [-0.4, -0.2) is 30.6 Å². The van der Waals surface area contributed by atoms with Crippen molar-refractivity contribution in [1.82, 2.24) is 14.9 Å². The molecule has 0 spiro atoms. The number of hydrogen-bond donors (Lipinski definition) is 3. The van der Waals surface area contributed by atoms with E-state index >= 15 is 0 Å². The lowest BCUT2D eigenvalue weighted by molar-refractivity contribution is 0.102. The molecule has 146 valence electrons. The Hall–Kier alpha value is -1.91. The van der Waals surface area contributed by atoms with E-state index in [1.54, 1.807) is 6.07 Å². The highest BCUT2D eigenvalue weighted by Gasteiger charge is 2.30. The zero-order valence-electron chi connectivity index (χ0n) is 14.2. The standard InChI is InChI=1S/C17H14Cl2N4O3S2/c18-11-7-12(19)15(28(25,26)23-9-3-4-9)6-10(11)17(24)20-16-8-13(21-22-16)14-2-1-5-27-14/h1-2,5-9,23H,3-4H2,(H2,20,21,22,24). The van der Waals surface area contributed by atoms with Crippen molar-refractivity contribution < 1.29 is 13.2 Å². The van der Waals surface area contributed by atoms with E-state index in [0.29, 0.717) is 5.82 Å². The van der Waals surface area contributed by atoms with Crippen LogP contribution in [-0.2, 0) is 10.0 Å². The van der Waals surface area contributed by atoms with Gasteiger partial charge in [-0.3, -0.25) is 9.89 Å². The molecule has 0 radical (unpaired) electrons. The summed E-state index contributed by atoms with van der Waals surface area (Å²) >= 11 is 13.7. The molecule has 1 fully saturated rings. The number of thiophene rings is 1. The number of hydrogen-bond acceptors (Lipinski definition) is 5. The third-order valence-corrected chi connectivity index (χ3v) is 7.26. The number of amides is 1. The average molecular weight is 457 g/mol. The zero-order valence-corrected chi connectivity index (χ0v) is 17.3. The van der Waals surface area contributed by atoms with Crippen LogP contribution in [0.2, 0.25) is 10.0 Å². The summed E-state index contributed by atoms with van der Waals surface area (Å²) in [6.07, 6.45) is 1.56. The minimum absolute atomic E-state index is 0.0112. The summed E-state index contributed by atoms with van der Waals surface area (Å²) in [4.78, 5) is 13.4. The lowest BCUT2D eigenvalue weighted by Crippen LogP contribution is -2.26. The molecule has 11 heteroatoms. The van der Waals surface area contributed by atoms with Crippen molar-refractivity contribution in [3.8, 4) is 10.6 Å². The fourth-order valence-electron chi connectivity index (χ4n) is 2.52. The Morgan fingerprint density at radius 2 is 2.00 bits per heavy atom. The number of carbonyl (C=O) groups is 1. The molecule has 0 atom stereocenters. The third kappa shape index (κ3) is 4.08. The van der Waals surface area contributed by atoms with Crippen molar-refractivity contribution in [2.24, 2.45) is 0 Å². The molecule has 2 aromatic heterocycles. The summed E-state index contributed by atoms with van der Waals surface area (Å²) in [6, 6.07) is 7.85. The monoisotopic (exact) mass is 456 g/mol. The topological polar surface area (TPSA) is 104 Å². The molecule has 0 saturated heterocycles. The zero-order chi connectivity index (χ0) is 19.9. The van der Waals surface area contributed by atoms with Crippen LogP contribution in [0.5, 0.6) is 0 Å². The number of rotatable bonds is 6. The van der Waals surface area contributed by atoms with E-state index in [2.05, 4.69) is 20.2 Å². The molecule has 3 N–H and O–H groups in total. The van der Waals surface area contributed by atoms with Gasteiger partial charge in [-0.2, -0.15) is 5.10 Å². The van der Waals surface area contributed by atoms with Gasteiger partial charge in [0.05, 0.1) is 26.2 Å². The summed E-state index contributed by atoms with van der Waals surface area (Å²) in [5.41, 5.74) is 0.743. The number of nitrogens with zero attached hydrogens (tertiary/aromatic N) is 1. The number of aromatic amines is 1. The number of nitrogens with one attached hydrogen (secondary N) is 3. The SMILES string of the molecule is O=C(Nc1cc(-c2cccs2)[nH]n1)c1cc(S(=O)(=O)NC2CC2)c(Cl)cc1Cl. The molecule has 1 aliphatic rings. The van der Waals surface area contributed by atoms with Crippen molar-refractivity contribution >= 4 is 56.3 Å². The Bertz CT molecular complexity index is 1140. The molecule has 1 amide bonds. The molecule has 1 aromatic carbocycles. The molecule has 4 rings (SSSR count). The molecule has 2 heterocycles. The minimum Gasteiger partial charge on any atom is -0.305 e. The summed E-state index contributed by atoms with van der Waals surface area (Å²) in [5, 5.41) is 11.4. The minimum atomic E-state index is -3.84. The first-order valence-electron chi connectivity index (χ1n) is 8.25. The van der Waals surface area contributed by atoms with Gasteiger partial charge in [0.1, 0.15) is 4.90 Å². The first kappa shape index (κ1) is 19.4. The quantitative estimate of drug-likeness (QED) is 0.518. The van der Waals surface area contributed by atoms with E-state index < -0.39 is 15.9 Å². The summed E-state index contributed by atoms with van der Waals surface area (Å²) in [7, 11) is -3.84. The van der Waals surface area contributed by atoms with Gasteiger partial charge in [-0.05, 0) is 36.4 Å². The van der Waals surface area contributed by atoms with Crippen LogP contribution in [0.3, 0.4) is 0 Å². The highest BCUT2D eigenvalue weighted by Crippen LogP contribution is 2.31. The van der Waals surface area contributed by atoms with Crippen molar-refractivity contribution in [1.29, 1.82) is 0 Å². The fraction of sp³-hybridized carbons (Fsp3) is 0.176. The van der Waals surface area contributed by atoms with Gasteiger partial charge in [-0.25, -0.2) is 13.1 Å². The maximum Gasteiger partial charge on any atom is 0.258 e. The van der Waals surface area contributed by atoms with Crippen molar-refractivity contribution in [3.63, 3.8) is 0 Å². The molecule has 3 aromatic rings. The van der Waals surface area contributed by atoms with Crippen LogP contribution < -0.4 is 10.0 Å². The third-order valence-electron chi connectivity index (χ3n) is 4.06. The highest BCUT2D eigenvalue weighted by atomic mass is 35.5. The maximum atomic E-state index is 12.7. The Kier molecular flexibility index (Phi) is 5.19. The van der Waals surface area contributed by atoms with Gasteiger partial charge in [0.25, 0.3) is 5.91 Å². The van der Waals surface area contributed by atoms with Crippen LogP contribution >= 0.6 is 34.5 Å². The van der Waals surface area contributed by atoms with E-state index in [9.17, 15) is 13.2 Å². The Morgan fingerprint density at radius 1 is 1.21 bits per heavy atom. The van der Waals surface area contributed by atoms with Crippen LogP contribution in [0.4, 0.5) is 5.82 Å². The van der Waals surface area contributed by atoms with Gasteiger partial charge in [0.2, 0.25) is 10.0 Å². The van der Waals surface area contributed by atoms with Crippen molar-refractivity contribution in [3.05, 3.63) is 51.3 Å². The van der Waals surface area contributed by atoms with Crippen molar-refractivity contribution in [2.75, 3.05) is 5.32 Å². The number of carbonyl (C=O) groups excluding carboxylic acids is 1. The van der Waals surface area contributed by atoms with E-state index in [1.807, 2.05) is 17.5 Å². The molecular weight excluding hydrogens is 443 g/mol. The first-order chi connectivity index (χ1) is 13.3. The molecule has 1 aliphatic carbocycles. The summed E-state index contributed by atoms with van der Waals surface area (Å²) in [6.45, 7) is 0. The van der Waals surface area contributed by atoms with Gasteiger partial charge in [-0.15, -0.1) is 11.3 Å². The smallest absolute Gasteiger partial charge is 0.258 e. The van der Waals surface area contributed by atoms with E-state index in [0.717, 1.165) is 23.4 Å². The molecule has 7 nitrogen and oxygen atoms in total. The van der Waals surface area contributed by atoms with Crippen LogP contribution in [0.15, 0.2) is 40.6 Å². The predicted molar refractivity (Wildman–Crippen MR) is 110 cm³/mol. The predicted octanol–water partition coefficient (Wildman–Crippen LogP) is 4.14. The van der Waals surface area contributed by atoms with Gasteiger partial charge in [-0.1, -0.05) is 29.3 Å². The van der Waals surface area contributed by atoms with Crippen molar-refractivity contribution in [2.45, 2.75) is 23.8 Å². The number of benzene rings is 1. The largest absolute Gasteiger partial charge is 0.305 e. The summed E-state index contributed by atoms with van der Waals surface area (Å²) < 4.78 is 27.5. The molecule has 0 bridgehead atoms. The second-order valence-corrected chi connectivity index (χ2v) is 9.70. The van der Waals surface area contributed by atoms with Crippen LogP contribution in [0.1, 0.15) is 23.2 Å². The van der Waals surface area contributed by atoms with Crippen LogP contribution in [0.25, 0.3) is 10.6 Å². The van der Waals surface area contributed by atoms with E-state index in [1.165, 1.54) is 23.5 Å². The Balaban J connectivity index is 1.59. The molecular formula is C17H14Cl2N4O3S2. The van der Waals surface area contributed by atoms with Crippen LogP contribution in [0, 0.1) is 0 Å². The molecule has 0 unspecified atom stereocenters. The second-order valence-electron chi connectivity index (χ2n) is 6.26. The van der Waals surface area contributed by atoms with Gasteiger partial charge < -0.3 is 5.32 Å². The lowest BCUT2D eigenvalue weighted by atomic mass is 10.2. The number of H-pyrrole nitrogens is 1. The number of anilines is 1. The summed E-state index contributed by atoms with van der Waals surface area (Å²) in [5.74, 6) is -0.298. The lowest BCUT2D eigenvalue weighted by Gasteiger charge is -2.11. The molecule has 28 heavy (non-hydrogen) atoms. The Morgan fingerprint density at radius 3 is 2.68 bits per heavy atom.